The van der Waals surface area contributed by atoms with Crippen molar-refractivity contribution in [1.29, 1.82) is 0 Å². The standard InChI is InChI=1S/C12H27N3O2/c1-10(9-13)14-7-6-8-15(5)11(16)17-12(2,3)4/h10,14H,6-9,13H2,1-5H3. The van der Waals surface area contributed by atoms with Gasteiger partial charge in [0.2, 0.25) is 0 Å². The Morgan fingerprint density at radius 3 is 2.53 bits per heavy atom. The second kappa shape index (κ2) is 7.50. The maximum Gasteiger partial charge on any atom is 0.410 e. The van der Waals surface area contributed by atoms with Crippen molar-refractivity contribution in [3.8, 4) is 0 Å². The molecule has 1 unspecified atom stereocenters. The lowest BCUT2D eigenvalue weighted by atomic mass is 10.2. The predicted molar refractivity (Wildman–Crippen MR) is 70.0 cm³/mol. The minimum absolute atomic E-state index is 0.274. The molecule has 0 heterocycles. The fraction of sp³-hybridized carbons (Fsp3) is 0.917. The number of carbonyl (C=O) groups is 1. The summed E-state index contributed by atoms with van der Waals surface area (Å²) in [5.74, 6) is 0. The third-order valence-electron chi connectivity index (χ3n) is 2.22. The van der Waals surface area contributed by atoms with E-state index in [1.54, 1.807) is 11.9 Å². The highest BCUT2D eigenvalue weighted by Crippen LogP contribution is 2.08. The van der Waals surface area contributed by atoms with Crippen LogP contribution in [0.25, 0.3) is 0 Å². The van der Waals surface area contributed by atoms with E-state index in [0.29, 0.717) is 19.1 Å². The van der Waals surface area contributed by atoms with E-state index >= 15 is 0 Å². The zero-order chi connectivity index (χ0) is 13.5. The van der Waals surface area contributed by atoms with Crippen LogP contribution in [0.15, 0.2) is 0 Å². The van der Waals surface area contributed by atoms with Gasteiger partial charge in [-0.05, 0) is 40.7 Å². The molecule has 0 aliphatic carbocycles. The molecule has 0 radical (unpaired) electrons. The third kappa shape index (κ3) is 8.94. The summed E-state index contributed by atoms with van der Waals surface area (Å²) in [7, 11) is 1.75. The number of hydrogen-bond donors (Lipinski definition) is 2. The van der Waals surface area contributed by atoms with Gasteiger partial charge in [-0.15, -0.1) is 0 Å². The van der Waals surface area contributed by atoms with Gasteiger partial charge in [0.1, 0.15) is 5.60 Å². The van der Waals surface area contributed by atoms with Gasteiger partial charge < -0.3 is 20.7 Å². The second-order valence-corrected chi connectivity index (χ2v) is 5.35. The van der Waals surface area contributed by atoms with Crippen LogP contribution in [0.3, 0.4) is 0 Å². The number of nitrogens with zero attached hydrogens (tertiary/aromatic N) is 1. The Morgan fingerprint density at radius 1 is 1.47 bits per heavy atom. The van der Waals surface area contributed by atoms with Crippen molar-refractivity contribution < 1.29 is 9.53 Å². The first-order valence-electron chi connectivity index (χ1n) is 6.14. The molecule has 0 aliphatic heterocycles. The number of ether oxygens (including phenoxy) is 1. The molecule has 3 N–H and O–H groups in total. The topological polar surface area (TPSA) is 67.6 Å². The second-order valence-electron chi connectivity index (χ2n) is 5.35. The molecule has 17 heavy (non-hydrogen) atoms. The van der Waals surface area contributed by atoms with Gasteiger partial charge >= 0.3 is 6.09 Å². The van der Waals surface area contributed by atoms with Gasteiger partial charge in [0.15, 0.2) is 0 Å². The molecular weight excluding hydrogens is 218 g/mol. The van der Waals surface area contributed by atoms with Gasteiger partial charge in [0.05, 0.1) is 0 Å². The lowest BCUT2D eigenvalue weighted by Gasteiger charge is -2.24. The summed E-state index contributed by atoms with van der Waals surface area (Å²) in [5.41, 5.74) is 5.05. The van der Waals surface area contributed by atoms with Gasteiger partial charge in [-0.1, -0.05) is 0 Å². The number of nitrogens with one attached hydrogen (secondary N) is 1. The van der Waals surface area contributed by atoms with Crippen molar-refractivity contribution in [3.05, 3.63) is 0 Å². The summed E-state index contributed by atoms with van der Waals surface area (Å²) >= 11 is 0. The van der Waals surface area contributed by atoms with E-state index in [1.807, 2.05) is 27.7 Å². The number of rotatable bonds is 6. The summed E-state index contributed by atoms with van der Waals surface area (Å²) in [6, 6.07) is 0.321. The summed E-state index contributed by atoms with van der Waals surface area (Å²) in [5, 5.41) is 3.27. The van der Waals surface area contributed by atoms with Crippen LogP contribution in [0.5, 0.6) is 0 Å². The van der Waals surface area contributed by atoms with Crippen molar-refractivity contribution in [2.45, 2.75) is 45.8 Å². The smallest absolute Gasteiger partial charge is 0.410 e. The minimum atomic E-state index is -0.433. The van der Waals surface area contributed by atoms with E-state index in [-0.39, 0.29) is 6.09 Å². The molecule has 0 aliphatic rings. The minimum Gasteiger partial charge on any atom is -0.444 e. The third-order valence-corrected chi connectivity index (χ3v) is 2.22. The number of amides is 1. The molecule has 0 bridgehead atoms. The van der Waals surface area contributed by atoms with Crippen LogP contribution in [-0.4, -0.2) is 49.3 Å². The monoisotopic (exact) mass is 245 g/mol. The molecule has 0 aromatic heterocycles. The zero-order valence-electron chi connectivity index (χ0n) is 11.7. The maximum absolute atomic E-state index is 11.6. The van der Waals surface area contributed by atoms with Crippen LogP contribution in [0, 0.1) is 0 Å². The SMILES string of the molecule is CC(CN)NCCCN(C)C(=O)OC(C)(C)C. The van der Waals surface area contributed by atoms with Gasteiger partial charge in [0, 0.05) is 26.2 Å². The molecule has 1 atom stereocenters. The Hall–Kier alpha value is -0.810. The van der Waals surface area contributed by atoms with Crippen LogP contribution in [0.1, 0.15) is 34.1 Å². The Balaban J connectivity index is 3.72. The Labute approximate surface area is 105 Å². The maximum atomic E-state index is 11.6. The largest absolute Gasteiger partial charge is 0.444 e. The highest BCUT2D eigenvalue weighted by molar-refractivity contribution is 5.67. The average Bonchev–Trinajstić information content (AvgIpc) is 2.21. The van der Waals surface area contributed by atoms with E-state index in [9.17, 15) is 4.79 Å². The van der Waals surface area contributed by atoms with E-state index in [1.165, 1.54) is 0 Å². The van der Waals surface area contributed by atoms with Crippen LogP contribution in [-0.2, 0) is 4.74 Å². The molecule has 0 spiro atoms. The molecule has 0 saturated heterocycles. The number of carbonyl (C=O) groups excluding carboxylic acids is 1. The zero-order valence-corrected chi connectivity index (χ0v) is 11.7. The first-order valence-corrected chi connectivity index (χ1v) is 6.14. The highest BCUT2D eigenvalue weighted by Gasteiger charge is 2.18. The quantitative estimate of drug-likeness (QED) is 0.690. The molecule has 1 amide bonds. The predicted octanol–water partition coefficient (Wildman–Crippen LogP) is 1.18. The first-order chi connectivity index (χ1) is 7.76. The van der Waals surface area contributed by atoms with Gasteiger partial charge in [0.25, 0.3) is 0 Å². The van der Waals surface area contributed by atoms with E-state index < -0.39 is 5.60 Å². The van der Waals surface area contributed by atoms with Gasteiger partial charge in [-0.25, -0.2) is 4.79 Å². The average molecular weight is 245 g/mol. The fourth-order valence-corrected chi connectivity index (χ4v) is 1.18. The Morgan fingerprint density at radius 2 is 2.06 bits per heavy atom. The van der Waals surface area contributed by atoms with E-state index in [0.717, 1.165) is 13.0 Å². The Bertz CT molecular complexity index is 226. The molecule has 0 aromatic carbocycles. The van der Waals surface area contributed by atoms with Crippen molar-refractivity contribution in [2.75, 3.05) is 26.7 Å². The normalized spacial score (nSPS) is 13.3. The lowest BCUT2D eigenvalue weighted by molar-refractivity contribution is 0.0297. The number of hydrogen-bond acceptors (Lipinski definition) is 4. The molecule has 0 fully saturated rings. The summed E-state index contributed by atoms with van der Waals surface area (Å²) in [6.07, 6.45) is 0.615. The van der Waals surface area contributed by atoms with E-state index in [4.69, 9.17) is 10.5 Å². The van der Waals surface area contributed by atoms with Crippen molar-refractivity contribution in [1.82, 2.24) is 10.2 Å². The summed E-state index contributed by atoms with van der Waals surface area (Å²) < 4.78 is 5.25. The van der Waals surface area contributed by atoms with Crippen molar-refractivity contribution >= 4 is 6.09 Å². The molecule has 5 heteroatoms. The molecule has 0 rings (SSSR count). The van der Waals surface area contributed by atoms with Crippen molar-refractivity contribution in [2.24, 2.45) is 5.73 Å². The molecule has 0 aromatic rings. The Kier molecular flexibility index (Phi) is 7.15. The number of nitrogens with two attached hydrogens (primary N) is 1. The molecule has 102 valence electrons. The summed E-state index contributed by atoms with van der Waals surface area (Å²) in [6.45, 7) is 9.79. The van der Waals surface area contributed by atoms with Crippen LogP contribution >= 0.6 is 0 Å². The van der Waals surface area contributed by atoms with Gasteiger partial charge in [-0.3, -0.25) is 0 Å². The van der Waals surface area contributed by atoms with Crippen LogP contribution < -0.4 is 11.1 Å². The van der Waals surface area contributed by atoms with Crippen LogP contribution in [0.4, 0.5) is 4.79 Å². The highest BCUT2D eigenvalue weighted by atomic mass is 16.6. The molecule has 5 nitrogen and oxygen atoms in total. The lowest BCUT2D eigenvalue weighted by Crippen LogP contribution is -2.37. The molecular formula is C12H27N3O2. The van der Waals surface area contributed by atoms with E-state index in [2.05, 4.69) is 5.32 Å². The summed E-state index contributed by atoms with van der Waals surface area (Å²) in [4.78, 5) is 13.2. The van der Waals surface area contributed by atoms with Crippen molar-refractivity contribution in [3.63, 3.8) is 0 Å². The molecule has 0 saturated carbocycles. The van der Waals surface area contributed by atoms with Crippen LogP contribution in [0.2, 0.25) is 0 Å². The fourth-order valence-electron chi connectivity index (χ4n) is 1.18. The van der Waals surface area contributed by atoms with Gasteiger partial charge in [-0.2, -0.15) is 0 Å². The first kappa shape index (κ1) is 16.2.